The van der Waals surface area contributed by atoms with Gasteiger partial charge in [0.2, 0.25) is 5.91 Å². The molecule has 6 aromatic rings. The van der Waals surface area contributed by atoms with Crippen molar-refractivity contribution in [2.75, 3.05) is 64.7 Å². The second-order valence-corrected chi connectivity index (χ2v) is 28.2. The van der Waals surface area contributed by atoms with Crippen molar-refractivity contribution in [3.63, 3.8) is 0 Å². The van der Waals surface area contributed by atoms with Gasteiger partial charge >= 0.3 is 36.3 Å². The Morgan fingerprint density at radius 1 is 0.438 bits per heavy atom. The molecule has 598 valence electrons. The quantitative estimate of drug-likeness (QED) is 0.00685. The van der Waals surface area contributed by atoms with Gasteiger partial charge < -0.3 is 58.0 Å². The van der Waals surface area contributed by atoms with Crippen LogP contribution in [0.4, 0.5) is 24.9 Å². The fraction of sp³-hybridized carbons (Fsp3) is 0.405. The Kier molecular flexibility index (Phi) is 35.9. The fourth-order valence-electron chi connectivity index (χ4n) is 10.7. The maximum absolute atomic E-state index is 14.1. The lowest BCUT2D eigenvalue weighted by molar-refractivity contribution is -0.130. The van der Waals surface area contributed by atoms with Gasteiger partial charge in [0.05, 0.1) is 57.4 Å². The van der Waals surface area contributed by atoms with Crippen molar-refractivity contribution in [1.29, 1.82) is 0 Å². The van der Waals surface area contributed by atoms with E-state index in [1.807, 2.05) is 0 Å². The highest BCUT2D eigenvalue weighted by atomic mass is 16.6. The third-order valence-corrected chi connectivity index (χ3v) is 16.0. The third-order valence-electron chi connectivity index (χ3n) is 16.0. The smallest absolute Gasteiger partial charge is 0.435 e. The minimum Gasteiger partial charge on any atom is -0.445 e. The summed E-state index contributed by atoms with van der Waals surface area (Å²) in [5.74, 6) is -2.79. The van der Waals surface area contributed by atoms with Crippen LogP contribution >= 0.6 is 0 Å². The Morgan fingerprint density at radius 3 is 1.29 bits per heavy atom. The monoisotopic (exact) mass is 1540 g/mol. The molecule has 0 saturated carbocycles. The number of esters is 2. The molecule has 0 heterocycles. The lowest BCUT2D eigenvalue weighted by Gasteiger charge is -2.30. The number of nitrogens with one attached hydrogen (secondary N) is 2. The molecule has 6 rings (SSSR count). The van der Waals surface area contributed by atoms with Gasteiger partial charge in [-0.2, -0.15) is 9.98 Å². The number of hydrogen-bond donors (Lipinski definition) is 2. The second-order valence-electron chi connectivity index (χ2n) is 28.2. The van der Waals surface area contributed by atoms with E-state index in [9.17, 15) is 57.5 Å². The largest absolute Gasteiger partial charge is 0.445 e. The average molecular weight is 1550 g/mol. The number of rotatable bonds is 41. The van der Waals surface area contributed by atoms with Gasteiger partial charge in [-0.05, 0) is 190 Å². The molecule has 0 bridgehead atoms. The van der Waals surface area contributed by atoms with Crippen molar-refractivity contribution in [3.05, 3.63) is 196 Å². The van der Waals surface area contributed by atoms with Crippen LogP contribution in [0.1, 0.15) is 178 Å². The Labute approximate surface area is 652 Å². The van der Waals surface area contributed by atoms with E-state index in [0.717, 1.165) is 10.5 Å². The Morgan fingerprint density at radius 2 is 0.848 bits per heavy atom. The van der Waals surface area contributed by atoms with Crippen molar-refractivity contribution < 1.29 is 105 Å². The van der Waals surface area contributed by atoms with Crippen LogP contribution in [0, 0.1) is 0 Å². The minimum atomic E-state index is -1.33. The summed E-state index contributed by atoms with van der Waals surface area (Å²) in [5.41, 5.74) is 3.84. The van der Waals surface area contributed by atoms with Gasteiger partial charge in [0.1, 0.15) is 65.4 Å². The summed E-state index contributed by atoms with van der Waals surface area (Å²) in [4.78, 5) is 167. The molecular formula is C84H100N6O22. The number of Topliss-reactive ketones (excluding diaryl/α,β-unsaturated/α-hetero) is 5. The molecule has 0 unspecified atom stereocenters. The number of anilines is 1. The van der Waals surface area contributed by atoms with Gasteiger partial charge in [-0.25, -0.2) is 28.8 Å². The zero-order chi connectivity index (χ0) is 81.9. The molecule has 28 nitrogen and oxygen atoms in total. The van der Waals surface area contributed by atoms with E-state index in [2.05, 4.69) is 20.6 Å². The number of nitrogens with zero attached hydrogens (tertiary/aromatic N) is 4. The fourth-order valence-corrected chi connectivity index (χ4v) is 10.7. The number of ether oxygens (including phenoxy) is 10. The van der Waals surface area contributed by atoms with Crippen molar-refractivity contribution >= 4 is 88.4 Å². The molecule has 0 spiro atoms. The van der Waals surface area contributed by atoms with Gasteiger partial charge in [0.25, 0.3) is 0 Å². The Bertz CT molecular complexity index is 4000. The number of amidine groups is 1. The van der Waals surface area contributed by atoms with E-state index >= 15 is 0 Å². The van der Waals surface area contributed by atoms with Crippen molar-refractivity contribution in [2.24, 2.45) is 9.98 Å². The number of benzene rings is 6. The molecule has 0 aliphatic heterocycles. The number of ketones is 5. The van der Waals surface area contributed by atoms with Gasteiger partial charge in [-0.1, -0.05) is 72.8 Å². The van der Waals surface area contributed by atoms with Crippen LogP contribution in [0.5, 0.6) is 11.5 Å². The number of carbonyl (C=O) groups is 12. The summed E-state index contributed by atoms with van der Waals surface area (Å²) >= 11 is 0. The first-order valence-electron chi connectivity index (χ1n) is 36.5. The maximum atomic E-state index is 14.1. The predicted molar refractivity (Wildman–Crippen MR) is 415 cm³/mol. The standard InChI is InChI=1S/C84H100N6O22/c1-55(86-79(99)111-83(7,8)9)46-61-21-27-66(28-22-61)77(97)109-71-33-25-63(26-34-71)54-108-82(102)90(52-65-17-14-19-69(50-65)59(5)94)74(48-57(3)92)76(96)85-37-39-104-41-43-106-45-44-105-42-40-103-38-15-20-75(95)73(47-56(2)91)89(51-64-16-13-18-68(49-64)58(4)93)81(101)107-53-62-23-35-72(36-24-62)110-78(98)67-29-31-70(32-30-67)87-60(6)88-80(100)112-84(10,11)12/h13-14,16-19,21-36,49-50,73-74H,15,20,37-48,51-54H2,1-12H3,(H,85,96)(H,87,88,100)/t73-,74-/m0/s1. The van der Waals surface area contributed by atoms with Crippen LogP contribution in [0.25, 0.3) is 0 Å². The topological polar surface area (TPSA) is 352 Å². The number of hydrogen-bond acceptors (Lipinski definition) is 22. The van der Waals surface area contributed by atoms with Crippen molar-refractivity contribution in [2.45, 2.75) is 165 Å². The highest BCUT2D eigenvalue weighted by molar-refractivity contribution is 6.00. The van der Waals surface area contributed by atoms with E-state index in [1.165, 1.54) is 69.0 Å². The van der Waals surface area contributed by atoms with Crippen LogP contribution in [0.15, 0.2) is 156 Å². The normalized spacial score (nSPS) is 12.1. The van der Waals surface area contributed by atoms with Crippen LogP contribution in [-0.2, 0) is 89.8 Å². The Hall–Kier alpha value is -11.5. The zero-order valence-electron chi connectivity index (χ0n) is 65.5. The van der Waals surface area contributed by atoms with Crippen molar-refractivity contribution in [1.82, 2.24) is 15.1 Å². The molecule has 0 aromatic heterocycles. The molecule has 6 aromatic carbocycles. The molecule has 28 heteroatoms. The Balaban J connectivity index is 0.904. The van der Waals surface area contributed by atoms with Gasteiger partial charge in [-0.3, -0.25) is 38.6 Å². The number of amides is 5. The molecule has 2 atom stereocenters. The second kappa shape index (κ2) is 45.0. The predicted octanol–water partition coefficient (Wildman–Crippen LogP) is 13.4. The van der Waals surface area contributed by atoms with Gasteiger partial charge in [0.15, 0.2) is 17.3 Å². The van der Waals surface area contributed by atoms with E-state index in [4.69, 9.17) is 47.4 Å². The highest BCUT2D eigenvalue weighted by Gasteiger charge is 2.34. The summed E-state index contributed by atoms with van der Waals surface area (Å²) in [5, 5.41) is 5.71. The third kappa shape index (κ3) is 33.4. The first-order chi connectivity index (χ1) is 53.2. The molecular weight excluding hydrogens is 1440 g/mol. The molecule has 112 heavy (non-hydrogen) atoms. The van der Waals surface area contributed by atoms with Crippen LogP contribution in [-0.4, -0.2) is 175 Å². The van der Waals surface area contributed by atoms with E-state index < -0.39 is 71.3 Å². The van der Waals surface area contributed by atoms with E-state index in [1.54, 1.807) is 165 Å². The van der Waals surface area contributed by atoms with Crippen molar-refractivity contribution in [3.8, 4) is 11.5 Å². The van der Waals surface area contributed by atoms with Crippen LogP contribution < -0.4 is 20.1 Å². The SMILES string of the molecule is CC(=O)C[C@@H](C(=O)CCCOCCOCCOCCOCCNC(=O)[C@H](CC(C)=O)N(Cc1cccc(C(C)=O)c1)C(=O)OCc1ccc(OC(=O)c2ccc(CC(C)=NC(=O)OC(C)(C)C)cc2)cc1)N(Cc1cccc(C(C)=O)c1)C(=O)OCc1ccc(OC(=O)c2ccc(NC(C)=NC(=O)OC(C)(C)C)cc2)cc1. The summed E-state index contributed by atoms with van der Waals surface area (Å²) < 4.78 is 55.8. The summed E-state index contributed by atoms with van der Waals surface area (Å²) in [6.07, 6.45) is -3.36. The average Bonchev–Trinajstić information content (AvgIpc) is 0.820. The number of carbonyl (C=O) groups excluding carboxylic acids is 12. The molecule has 0 aliphatic rings. The highest BCUT2D eigenvalue weighted by Crippen LogP contribution is 2.24. The van der Waals surface area contributed by atoms with Crippen LogP contribution in [0.2, 0.25) is 0 Å². The molecule has 0 saturated heterocycles. The lowest BCUT2D eigenvalue weighted by Crippen LogP contribution is -2.50. The zero-order valence-corrected chi connectivity index (χ0v) is 65.5. The molecule has 0 fully saturated rings. The van der Waals surface area contributed by atoms with Crippen LogP contribution in [0.3, 0.4) is 0 Å². The van der Waals surface area contributed by atoms with E-state index in [-0.39, 0.29) is 163 Å². The summed E-state index contributed by atoms with van der Waals surface area (Å²) in [6.45, 7) is 19.7. The lowest BCUT2D eigenvalue weighted by atomic mass is 10.00. The number of aliphatic imine (C=N–C) groups is 2. The first kappa shape index (κ1) is 89.4. The van der Waals surface area contributed by atoms with E-state index in [0.29, 0.717) is 51.2 Å². The molecule has 0 radical (unpaired) electrons. The molecule has 2 N–H and O–H groups in total. The van der Waals surface area contributed by atoms with Gasteiger partial charge in [-0.15, -0.1) is 0 Å². The minimum absolute atomic E-state index is 0.00701. The molecule has 5 amide bonds. The molecule has 0 aliphatic carbocycles. The van der Waals surface area contributed by atoms with Gasteiger partial charge in [0, 0.05) is 74.5 Å². The first-order valence-corrected chi connectivity index (χ1v) is 36.5. The summed E-state index contributed by atoms with van der Waals surface area (Å²) in [7, 11) is 0. The summed E-state index contributed by atoms with van der Waals surface area (Å²) in [6, 6.07) is 36.0. The maximum Gasteiger partial charge on any atom is 0.435 e.